The number of aryl methyl sites for hydroxylation is 1. The molecular formula is C20H25FN6O. The van der Waals surface area contributed by atoms with Crippen molar-refractivity contribution in [3.63, 3.8) is 0 Å². The van der Waals surface area contributed by atoms with Crippen LogP contribution in [-0.4, -0.2) is 43.1 Å². The highest BCUT2D eigenvalue weighted by atomic mass is 19.1. The number of hydrogen-bond donors (Lipinski definition) is 1. The zero-order valence-electron chi connectivity index (χ0n) is 16.4. The summed E-state index contributed by atoms with van der Waals surface area (Å²) in [4.78, 5) is 19.0. The highest BCUT2D eigenvalue weighted by Gasteiger charge is 2.22. The number of carbonyl (C=O) groups is 1. The van der Waals surface area contributed by atoms with Gasteiger partial charge in [-0.15, -0.1) is 0 Å². The van der Waals surface area contributed by atoms with Crippen LogP contribution in [0.15, 0.2) is 24.3 Å². The van der Waals surface area contributed by atoms with Gasteiger partial charge >= 0.3 is 0 Å². The van der Waals surface area contributed by atoms with Gasteiger partial charge in [-0.25, -0.2) is 4.98 Å². The largest absolute Gasteiger partial charge is 0.345 e. The fourth-order valence-electron chi connectivity index (χ4n) is 3.75. The van der Waals surface area contributed by atoms with Crippen molar-refractivity contribution in [1.29, 1.82) is 0 Å². The van der Waals surface area contributed by atoms with Gasteiger partial charge in [-0.3, -0.25) is 18.8 Å². The van der Waals surface area contributed by atoms with E-state index in [2.05, 4.69) is 34.1 Å². The maximum atomic E-state index is 14.6. The van der Waals surface area contributed by atoms with Gasteiger partial charge in [0.15, 0.2) is 5.69 Å². The van der Waals surface area contributed by atoms with E-state index in [1.54, 1.807) is 25.1 Å². The van der Waals surface area contributed by atoms with Crippen molar-refractivity contribution in [1.82, 2.24) is 29.4 Å². The number of hydrogen-bond acceptors (Lipinski definition) is 4. The molecule has 0 aromatic carbocycles. The van der Waals surface area contributed by atoms with Crippen LogP contribution in [0, 0.1) is 18.8 Å². The Morgan fingerprint density at radius 2 is 2.14 bits per heavy atom. The fraction of sp³-hybridized carbons (Fsp3) is 0.450. The van der Waals surface area contributed by atoms with E-state index in [0.29, 0.717) is 17.3 Å². The van der Waals surface area contributed by atoms with Crippen molar-refractivity contribution in [2.45, 2.75) is 40.4 Å². The second-order valence-electron chi connectivity index (χ2n) is 7.77. The Kier molecular flexibility index (Phi) is 4.89. The maximum absolute atomic E-state index is 14.6. The quantitative estimate of drug-likeness (QED) is 0.733. The topological polar surface area (TPSA) is 67.5 Å². The fourth-order valence-corrected chi connectivity index (χ4v) is 3.75. The minimum atomic E-state index is -0.640. The van der Waals surface area contributed by atoms with Gasteiger partial charge in [0.1, 0.15) is 5.65 Å². The summed E-state index contributed by atoms with van der Waals surface area (Å²) in [6, 6.07) is 7.25. The molecular weight excluding hydrogens is 359 g/mol. The number of carbonyl (C=O) groups excluding carboxylic acids is 1. The number of nitrogens with one attached hydrogen (secondary N) is 1. The molecule has 3 aromatic rings. The van der Waals surface area contributed by atoms with Crippen LogP contribution >= 0.6 is 0 Å². The van der Waals surface area contributed by atoms with E-state index in [0.717, 1.165) is 37.6 Å². The highest BCUT2D eigenvalue weighted by Crippen LogP contribution is 2.16. The molecule has 4 heterocycles. The predicted molar refractivity (Wildman–Crippen MR) is 103 cm³/mol. The zero-order chi connectivity index (χ0) is 19.8. The molecule has 1 aliphatic heterocycles. The molecule has 1 N–H and O–H groups in total. The van der Waals surface area contributed by atoms with Crippen LogP contribution < -0.4 is 5.32 Å². The number of pyridine rings is 1. The van der Waals surface area contributed by atoms with E-state index in [9.17, 15) is 9.18 Å². The van der Waals surface area contributed by atoms with Crippen LogP contribution in [0.3, 0.4) is 0 Å². The third-order valence-electron chi connectivity index (χ3n) is 4.98. The number of nitrogens with zero attached hydrogens (tertiary/aromatic N) is 5. The number of imidazole rings is 1. The first-order chi connectivity index (χ1) is 13.4. The van der Waals surface area contributed by atoms with Crippen molar-refractivity contribution >= 4 is 11.6 Å². The molecule has 0 spiro atoms. The Balaban J connectivity index is 1.44. The van der Waals surface area contributed by atoms with E-state index >= 15 is 0 Å². The number of rotatable bonds is 5. The standard InChI is InChI=1S/C20H25FN6O/c1-13(2)11-25-7-8-26-16(12-25)9-15(24-26)10-22-20(28)18-19(21)27-14(3)5-4-6-17(27)23-18/h4-6,9,13H,7-8,10-12H2,1-3H3,(H,22,28). The molecule has 148 valence electrons. The molecule has 3 aromatic heterocycles. The molecule has 1 amide bonds. The van der Waals surface area contributed by atoms with Gasteiger partial charge in [-0.2, -0.15) is 9.49 Å². The van der Waals surface area contributed by atoms with Gasteiger partial charge in [-0.05, 0) is 31.0 Å². The second-order valence-corrected chi connectivity index (χ2v) is 7.77. The molecule has 28 heavy (non-hydrogen) atoms. The van der Waals surface area contributed by atoms with Gasteiger partial charge in [0.25, 0.3) is 5.91 Å². The highest BCUT2D eigenvalue weighted by molar-refractivity contribution is 5.93. The SMILES string of the molecule is Cc1cccc2nc(C(=O)NCc3cc4n(n3)CCN(CC(C)C)C4)c(F)n12. The summed E-state index contributed by atoms with van der Waals surface area (Å²) in [5.41, 5.74) is 2.83. The summed E-state index contributed by atoms with van der Waals surface area (Å²) < 4.78 is 17.9. The van der Waals surface area contributed by atoms with Crippen molar-refractivity contribution in [2.24, 2.45) is 5.92 Å². The minimum Gasteiger partial charge on any atom is -0.345 e. The molecule has 7 nitrogen and oxygen atoms in total. The Bertz CT molecular complexity index is 1020. The van der Waals surface area contributed by atoms with Gasteiger partial charge in [0, 0.05) is 25.3 Å². The Morgan fingerprint density at radius 3 is 2.89 bits per heavy atom. The summed E-state index contributed by atoms with van der Waals surface area (Å²) in [5, 5.41) is 7.31. The van der Waals surface area contributed by atoms with Gasteiger partial charge in [-0.1, -0.05) is 19.9 Å². The molecule has 8 heteroatoms. The normalized spacial score (nSPS) is 14.6. The Morgan fingerprint density at radius 1 is 1.32 bits per heavy atom. The van der Waals surface area contributed by atoms with Crippen molar-refractivity contribution in [3.8, 4) is 0 Å². The minimum absolute atomic E-state index is 0.193. The third-order valence-corrected chi connectivity index (χ3v) is 4.98. The summed E-state index contributed by atoms with van der Waals surface area (Å²) in [7, 11) is 0. The van der Waals surface area contributed by atoms with Crippen LogP contribution in [0.5, 0.6) is 0 Å². The molecule has 0 saturated heterocycles. The molecule has 0 fully saturated rings. The Labute approximate surface area is 163 Å². The van der Waals surface area contributed by atoms with Crippen LogP contribution in [0.1, 0.15) is 41.4 Å². The predicted octanol–water partition coefficient (Wildman–Crippen LogP) is 2.38. The molecule has 1 aliphatic rings. The molecule has 4 rings (SSSR count). The molecule has 0 aliphatic carbocycles. The molecule has 0 radical (unpaired) electrons. The van der Waals surface area contributed by atoms with Gasteiger partial charge < -0.3 is 5.32 Å². The molecule has 0 atom stereocenters. The van der Waals surface area contributed by atoms with Gasteiger partial charge in [0.2, 0.25) is 5.95 Å². The van der Waals surface area contributed by atoms with Crippen LogP contribution in [0.4, 0.5) is 4.39 Å². The lowest BCUT2D eigenvalue weighted by Crippen LogP contribution is -2.36. The third kappa shape index (κ3) is 3.52. The van der Waals surface area contributed by atoms with Crippen LogP contribution in [0.25, 0.3) is 5.65 Å². The summed E-state index contributed by atoms with van der Waals surface area (Å²) >= 11 is 0. The van der Waals surface area contributed by atoms with Crippen LogP contribution in [-0.2, 0) is 19.6 Å². The lowest BCUT2D eigenvalue weighted by atomic mass is 10.2. The lowest BCUT2D eigenvalue weighted by molar-refractivity contribution is 0.0941. The van der Waals surface area contributed by atoms with Crippen LogP contribution in [0.2, 0.25) is 0 Å². The first-order valence-electron chi connectivity index (χ1n) is 9.62. The smallest absolute Gasteiger partial charge is 0.275 e. The van der Waals surface area contributed by atoms with Crippen molar-refractivity contribution < 1.29 is 9.18 Å². The van der Waals surface area contributed by atoms with E-state index in [1.807, 2.05) is 10.7 Å². The summed E-state index contributed by atoms with van der Waals surface area (Å²) in [5.74, 6) is -0.552. The number of aromatic nitrogens is 4. The van der Waals surface area contributed by atoms with Crippen molar-refractivity contribution in [3.05, 3.63) is 53.0 Å². The monoisotopic (exact) mass is 384 g/mol. The summed E-state index contributed by atoms with van der Waals surface area (Å²) in [6.45, 7) is 10.2. The first-order valence-corrected chi connectivity index (χ1v) is 9.62. The van der Waals surface area contributed by atoms with Crippen molar-refractivity contribution in [2.75, 3.05) is 13.1 Å². The second kappa shape index (κ2) is 7.35. The van der Waals surface area contributed by atoms with E-state index in [4.69, 9.17) is 0 Å². The molecule has 0 bridgehead atoms. The van der Waals surface area contributed by atoms with Gasteiger partial charge in [0.05, 0.1) is 24.5 Å². The molecule has 0 unspecified atom stereocenters. The number of halogens is 1. The Hall–Kier alpha value is -2.74. The maximum Gasteiger partial charge on any atom is 0.275 e. The average molecular weight is 384 g/mol. The van der Waals surface area contributed by atoms with E-state index < -0.39 is 11.9 Å². The average Bonchev–Trinajstić information content (AvgIpc) is 3.20. The first kappa shape index (κ1) is 18.6. The van der Waals surface area contributed by atoms with E-state index in [1.165, 1.54) is 4.40 Å². The molecule has 0 saturated carbocycles. The lowest BCUT2D eigenvalue weighted by Gasteiger charge is -2.28. The number of amides is 1. The van der Waals surface area contributed by atoms with E-state index in [-0.39, 0.29) is 12.2 Å². The summed E-state index contributed by atoms with van der Waals surface area (Å²) in [6.07, 6.45) is 0. The number of fused-ring (bicyclic) bond motifs is 2. The zero-order valence-corrected chi connectivity index (χ0v) is 16.4.